The number of aliphatic hydroxyl groups is 2. The first-order chi connectivity index (χ1) is 17.1. The molecule has 1 aromatic carbocycles. The summed E-state index contributed by atoms with van der Waals surface area (Å²) in [5.41, 5.74) is 1.50. The molecular weight excluding hydrogens is 467 g/mol. The molecule has 10 heteroatoms. The van der Waals surface area contributed by atoms with Crippen molar-refractivity contribution in [2.45, 2.75) is 45.3 Å². The van der Waals surface area contributed by atoms with E-state index in [0.717, 1.165) is 0 Å². The summed E-state index contributed by atoms with van der Waals surface area (Å²) in [4.78, 5) is 42.3. The summed E-state index contributed by atoms with van der Waals surface area (Å²) in [6.07, 6.45) is -0.0607. The third-order valence-corrected chi connectivity index (χ3v) is 5.91. The highest BCUT2D eigenvalue weighted by atomic mass is 19.1. The molecule has 36 heavy (non-hydrogen) atoms. The van der Waals surface area contributed by atoms with Crippen molar-refractivity contribution in [3.63, 3.8) is 0 Å². The minimum atomic E-state index is -0.966. The Labute approximate surface area is 206 Å². The first-order valence-electron chi connectivity index (χ1n) is 11.7. The van der Waals surface area contributed by atoms with E-state index in [1.54, 1.807) is 37.3 Å². The molecular formula is C26H31FN4O5. The van der Waals surface area contributed by atoms with Crippen molar-refractivity contribution in [1.82, 2.24) is 20.6 Å². The fraction of sp³-hybridized carbons (Fsp3) is 0.346. The summed E-state index contributed by atoms with van der Waals surface area (Å²) in [6.45, 7) is 3.22. The van der Waals surface area contributed by atoms with Crippen molar-refractivity contribution in [1.29, 1.82) is 0 Å². The Balaban J connectivity index is 1.70. The summed E-state index contributed by atoms with van der Waals surface area (Å²) < 4.78 is 14.0. The molecule has 3 rings (SSSR count). The number of benzene rings is 1. The Morgan fingerprint density at radius 1 is 1.14 bits per heavy atom. The van der Waals surface area contributed by atoms with Crippen LogP contribution in [0.2, 0.25) is 0 Å². The van der Waals surface area contributed by atoms with Crippen LogP contribution in [0.4, 0.5) is 4.39 Å². The van der Waals surface area contributed by atoms with Gasteiger partial charge in [0.25, 0.3) is 11.5 Å². The maximum Gasteiger partial charge on any atom is 0.257 e. The number of carbonyl (C=O) groups excluding carboxylic acids is 2. The number of fused-ring (bicyclic) bond motifs is 1. The summed E-state index contributed by atoms with van der Waals surface area (Å²) in [5.74, 6) is -1.08. The Kier molecular flexibility index (Phi) is 8.78. The molecule has 2 atom stereocenters. The van der Waals surface area contributed by atoms with E-state index in [0.29, 0.717) is 32.7 Å². The Hall–Kier alpha value is -3.76. The maximum atomic E-state index is 14.0. The maximum absolute atomic E-state index is 14.0. The molecule has 0 aliphatic rings. The number of hydrogen-bond acceptors (Lipinski definition) is 5. The lowest BCUT2D eigenvalue weighted by Gasteiger charge is -2.15. The van der Waals surface area contributed by atoms with Crippen LogP contribution in [0.5, 0.6) is 0 Å². The zero-order valence-corrected chi connectivity index (χ0v) is 20.4. The number of nitrogens with one attached hydrogen (secondary N) is 4. The first-order valence-corrected chi connectivity index (χ1v) is 11.7. The second-order valence-electron chi connectivity index (χ2n) is 8.61. The molecule has 2 aromatic heterocycles. The van der Waals surface area contributed by atoms with E-state index in [4.69, 9.17) is 0 Å². The number of aromatic amines is 2. The van der Waals surface area contributed by atoms with Gasteiger partial charge in [0.1, 0.15) is 5.83 Å². The predicted octanol–water partition coefficient (Wildman–Crippen LogP) is 0.789. The van der Waals surface area contributed by atoms with Crippen LogP contribution in [-0.4, -0.2) is 57.8 Å². The van der Waals surface area contributed by atoms with Gasteiger partial charge in [-0.2, -0.15) is 0 Å². The molecule has 0 saturated heterocycles. The molecule has 0 aliphatic heterocycles. The van der Waals surface area contributed by atoms with E-state index < -0.39 is 18.0 Å². The van der Waals surface area contributed by atoms with E-state index in [1.165, 1.54) is 20.0 Å². The number of halogens is 1. The van der Waals surface area contributed by atoms with E-state index in [2.05, 4.69) is 20.6 Å². The highest BCUT2D eigenvalue weighted by molar-refractivity contribution is 5.99. The monoisotopic (exact) mass is 498 g/mol. The average molecular weight is 499 g/mol. The van der Waals surface area contributed by atoms with Crippen LogP contribution in [0.25, 0.3) is 34.1 Å². The molecule has 0 saturated carbocycles. The zero-order chi connectivity index (χ0) is 26.4. The summed E-state index contributed by atoms with van der Waals surface area (Å²) in [6, 6.07) is 8.24. The molecule has 0 bridgehead atoms. The fourth-order valence-corrected chi connectivity index (χ4v) is 3.96. The lowest BCUT2D eigenvalue weighted by molar-refractivity contribution is -0.122. The molecule has 0 radical (unpaired) electrons. The Bertz CT molecular complexity index is 1440. The quantitative estimate of drug-likeness (QED) is 0.258. The lowest BCUT2D eigenvalue weighted by Crippen LogP contribution is -2.35. The number of aliphatic hydroxyl groups excluding tert-OH is 2. The van der Waals surface area contributed by atoms with Gasteiger partial charge in [-0.15, -0.1) is 0 Å². The normalized spacial score (nSPS) is 14.4. The molecule has 192 valence electrons. The van der Waals surface area contributed by atoms with Crippen molar-refractivity contribution in [3.05, 3.63) is 56.8 Å². The molecule has 0 aliphatic carbocycles. The molecule has 9 nitrogen and oxygen atoms in total. The second-order valence-corrected chi connectivity index (χ2v) is 8.61. The van der Waals surface area contributed by atoms with Crippen LogP contribution in [0.15, 0.2) is 35.1 Å². The second kappa shape index (κ2) is 11.8. The van der Waals surface area contributed by atoms with Crippen molar-refractivity contribution in [2.75, 3.05) is 13.6 Å². The highest BCUT2D eigenvalue weighted by Crippen LogP contribution is 2.22. The lowest BCUT2D eigenvalue weighted by atomic mass is 10.1. The van der Waals surface area contributed by atoms with E-state index in [9.17, 15) is 29.0 Å². The zero-order valence-electron chi connectivity index (χ0n) is 20.4. The van der Waals surface area contributed by atoms with Crippen molar-refractivity contribution >= 4 is 34.6 Å². The van der Waals surface area contributed by atoms with Crippen LogP contribution >= 0.6 is 0 Å². The van der Waals surface area contributed by atoms with Crippen LogP contribution in [0.1, 0.15) is 43.5 Å². The first kappa shape index (κ1) is 26.8. The minimum absolute atomic E-state index is 0.0270. The van der Waals surface area contributed by atoms with Gasteiger partial charge in [0, 0.05) is 40.6 Å². The molecule has 2 amide bonds. The molecule has 2 unspecified atom stereocenters. The highest BCUT2D eigenvalue weighted by Gasteiger charge is 2.16. The number of carbonyl (C=O) groups is 2. The summed E-state index contributed by atoms with van der Waals surface area (Å²) >= 11 is 0. The fourth-order valence-electron chi connectivity index (χ4n) is 3.96. The summed E-state index contributed by atoms with van der Waals surface area (Å²) in [5, 5.41) is 26.4. The van der Waals surface area contributed by atoms with Gasteiger partial charge >= 0.3 is 0 Å². The van der Waals surface area contributed by atoms with E-state index >= 15 is 0 Å². The summed E-state index contributed by atoms with van der Waals surface area (Å²) in [7, 11) is 1.47. The van der Waals surface area contributed by atoms with Crippen molar-refractivity contribution in [3.8, 4) is 11.3 Å². The van der Waals surface area contributed by atoms with E-state index in [-0.39, 0.29) is 48.7 Å². The van der Waals surface area contributed by atoms with Gasteiger partial charge in [-0.1, -0.05) is 6.08 Å². The molecule has 3 aromatic rings. The van der Waals surface area contributed by atoms with Crippen LogP contribution in [-0.2, 0) is 4.79 Å². The van der Waals surface area contributed by atoms with Crippen molar-refractivity contribution < 1.29 is 24.2 Å². The standard InChI is InChI=1S/C26H31FN4O5/c1-4-21-19(14(2)27)13-20(26(36)31-21)23-10-16-9-15(5-6-22(16)30-23)25(35)29-8-7-17(32)11-18(33)12-24(34)28-3/h4-6,9-10,13,17-18,30,32-33H,7-8,11-12H2,1-3H3,(H,28,34)(H,29,35)(H,31,36)/b19-14+,21-4+. The van der Waals surface area contributed by atoms with Gasteiger partial charge in [-0.05, 0) is 57.0 Å². The number of aromatic nitrogens is 2. The van der Waals surface area contributed by atoms with Crippen molar-refractivity contribution in [2.24, 2.45) is 0 Å². The third-order valence-electron chi connectivity index (χ3n) is 5.91. The molecule has 6 N–H and O–H groups in total. The Morgan fingerprint density at radius 3 is 2.56 bits per heavy atom. The molecule has 0 fully saturated rings. The van der Waals surface area contributed by atoms with Crippen LogP contribution < -0.4 is 26.8 Å². The SMILES string of the molecule is C/C=c1/[nH]c(=O)c(-c2cc3cc(C(=O)NCCC(O)CC(O)CC(=O)NC)ccc3[nH]2)c/c1=C(/C)F. The molecule has 0 spiro atoms. The number of hydrogen-bond donors (Lipinski definition) is 6. The number of amides is 2. The molecule has 2 heterocycles. The van der Waals surface area contributed by atoms with Gasteiger partial charge in [-0.3, -0.25) is 14.4 Å². The minimum Gasteiger partial charge on any atom is -0.393 e. The van der Waals surface area contributed by atoms with Gasteiger partial charge in [0.15, 0.2) is 0 Å². The Morgan fingerprint density at radius 2 is 1.89 bits per heavy atom. The van der Waals surface area contributed by atoms with Gasteiger partial charge in [0.2, 0.25) is 5.91 Å². The number of H-pyrrole nitrogens is 2. The van der Waals surface area contributed by atoms with E-state index in [1.807, 2.05) is 0 Å². The average Bonchev–Trinajstić information content (AvgIpc) is 3.26. The van der Waals surface area contributed by atoms with Gasteiger partial charge in [0.05, 0.1) is 29.9 Å². The number of rotatable bonds is 9. The number of pyridine rings is 1. The smallest absolute Gasteiger partial charge is 0.257 e. The van der Waals surface area contributed by atoms with Crippen LogP contribution in [0, 0.1) is 0 Å². The topological polar surface area (TPSA) is 147 Å². The van der Waals surface area contributed by atoms with Crippen LogP contribution in [0.3, 0.4) is 0 Å². The van der Waals surface area contributed by atoms with Gasteiger partial charge in [-0.25, -0.2) is 4.39 Å². The predicted molar refractivity (Wildman–Crippen MR) is 136 cm³/mol. The van der Waals surface area contributed by atoms with Gasteiger partial charge < -0.3 is 30.8 Å². The largest absolute Gasteiger partial charge is 0.393 e. The third kappa shape index (κ3) is 6.46.